The average Bonchev–Trinajstić information content (AvgIpc) is 2.35. The molecule has 3 nitrogen and oxygen atoms in total. The van der Waals surface area contributed by atoms with Crippen LogP contribution in [0.2, 0.25) is 0 Å². The van der Waals surface area contributed by atoms with E-state index >= 15 is 0 Å². The molecule has 0 bridgehead atoms. The fourth-order valence-corrected chi connectivity index (χ4v) is 1.91. The van der Waals surface area contributed by atoms with E-state index in [1.807, 2.05) is 25.1 Å². The first kappa shape index (κ1) is 12.6. The van der Waals surface area contributed by atoms with Crippen LogP contribution in [0.5, 0.6) is 0 Å². The fourth-order valence-electron chi connectivity index (χ4n) is 1.91. The highest BCUT2D eigenvalue weighted by atomic mass is 16.3. The molecule has 2 rings (SSSR count). The van der Waals surface area contributed by atoms with E-state index < -0.39 is 6.10 Å². The topological polar surface area (TPSA) is 59.1 Å². The van der Waals surface area contributed by atoms with E-state index in [9.17, 15) is 5.11 Å². The second kappa shape index (κ2) is 5.19. The summed E-state index contributed by atoms with van der Waals surface area (Å²) in [5, 5.41) is 10.2. The lowest BCUT2D eigenvalue weighted by Crippen LogP contribution is -2.05. The third kappa shape index (κ3) is 2.68. The zero-order valence-electron chi connectivity index (χ0n) is 10.7. The molecule has 1 aromatic heterocycles. The van der Waals surface area contributed by atoms with Gasteiger partial charge in [0.1, 0.15) is 0 Å². The van der Waals surface area contributed by atoms with Crippen molar-refractivity contribution in [2.24, 2.45) is 0 Å². The molecule has 2 aromatic rings. The smallest absolute Gasteiger partial charge is 0.0831 e. The van der Waals surface area contributed by atoms with Crippen molar-refractivity contribution in [2.45, 2.75) is 26.4 Å². The molecule has 0 radical (unpaired) electrons. The molecule has 1 atom stereocenters. The Hall–Kier alpha value is -1.87. The zero-order chi connectivity index (χ0) is 13.1. The van der Waals surface area contributed by atoms with Crippen molar-refractivity contribution in [1.82, 2.24) is 4.98 Å². The number of nitrogen functional groups attached to an aromatic ring is 1. The van der Waals surface area contributed by atoms with Gasteiger partial charge in [0.25, 0.3) is 0 Å². The van der Waals surface area contributed by atoms with E-state index in [4.69, 9.17) is 5.73 Å². The number of anilines is 1. The summed E-state index contributed by atoms with van der Waals surface area (Å²) in [6.07, 6.45) is 3.30. The van der Waals surface area contributed by atoms with Crippen LogP contribution in [0, 0.1) is 13.8 Å². The SMILES string of the molecule is Cc1ccc(C(O)Cc2cnccc2N)cc1C. The number of nitrogens with zero attached hydrogens (tertiary/aromatic N) is 1. The number of aliphatic hydroxyl groups is 1. The highest BCUT2D eigenvalue weighted by molar-refractivity contribution is 5.45. The first-order chi connectivity index (χ1) is 8.58. The van der Waals surface area contributed by atoms with Crippen LogP contribution < -0.4 is 5.73 Å². The molecule has 0 aliphatic carbocycles. The van der Waals surface area contributed by atoms with Gasteiger partial charge >= 0.3 is 0 Å². The minimum absolute atomic E-state index is 0.488. The Labute approximate surface area is 107 Å². The molecule has 1 unspecified atom stereocenters. The van der Waals surface area contributed by atoms with Crippen LogP contribution in [0.1, 0.15) is 28.4 Å². The van der Waals surface area contributed by atoms with Gasteiger partial charge in [-0.25, -0.2) is 0 Å². The maximum absolute atomic E-state index is 10.2. The van der Waals surface area contributed by atoms with Crippen LogP contribution in [0.15, 0.2) is 36.7 Å². The van der Waals surface area contributed by atoms with Crippen LogP contribution in [-0.4, -0.2) is 10.1 Å². The minimum Gasteiger partial charge on any atom is -0.398 e. The molecule has 0 aliphatic rings. The molecule has 0 fully saturated rings. The summed E-state index contributed by atoms with van der Waals surface area (Å²) >= 11 is 0. The predicted molar refractivity (Wildman–Crippen MR) is 73.2 cm³/mol. The van der Waals surface area contributed by atoms with Crippen LogP contribution in [-0.2, 0) is 6.42 Å². The second-order valence-electron chi connectivity index (χ2n) is 4.64. The summed E-state index contributed by atoms with van der Waals surface area (Å²) in [7, 11) is 0. The number of aliphatic hydroxyl groups excluding tert-OH is 1. The Morgan fingerprint density at radius 1 is 1.22 bits per heavy atom. The van der Waals surface area contributed by atoms with E-state index in [2.05, 4.69) is 11.9 Å². The molecule has 0 amide bonds. The van der Waals surface area contributed by atoms with Crippen LogP contribution in [0.4, 0.5) is 5.69 Å². The molecule has 3 N–H and O–H groups in total. The number of rotatable bonds is 3. The number of benzene rings is 1. The normalized spacial score (nSPS) is 12.4. The number of aryl methyl sites for hydroxylation is 2. The number of hydrogen-bond donors (Lipinski definition) is 2. The Bertz CT molecular complexity index is 552. The summed E-state index contributed by atoms with van der Waals surface area (Å²) in [4.78, 5) is 4.03. The second-order valence-corrected chi connectivity index (χ2v) is 4.64. The van der Waals surface area contributed by atoms with Gasteiger partial charge in [-0.1, -0.05) is 18.2 Å². The van der Waals surface area contributed by atoms with E-state index in [1.165, 1.54) is 11.1 Å². The number of hydrogen-bond acceptors (Lipinski definition) is 3. The van der Waals surface area contributed by atoms with Crippen LogP contribution >= 0.6 is 0 Å². The van der Waals surface area contributed by atoms with E-state index in [0.29, 0.717) is 12.1 Å². The molecule has 0 saturated carbocycles. The molecule has 1 heterocycles. The molecule has 94 valence electrons. The average molecular weight is 242 g/mol. The van der Waals surface area contributed by atoms with Gasteiger partial charge in [0, 0.05) is 24.5 Å². The van der Waals surface area contributed by atoms with Gasteiger partial charge in [0.15, 0.2) is 0 Å². The van der Waals surface area contributed by atoms with Gasteiger partial charge in [-0.2, -0.15) is 0 Å². The van der Waals surface area contributed by atoms with Crippen molar-refractivity contribution in [1.29, 1.82) is 0 Å². The molecule has 18 heavy (non-hydrogen) atoms. The first-order valence-corrected chi connectivity index (χ1v) is 6.01. The Morgan fingerprint density at radius 2 is 2.00 bits per heavy atom. The summed E-state index contributed by atoms with van der Waals surface area (Å²) in [5.41, 5.74) is 10.7. The van der Waals surface area contributed by atoms with Gasteiger partial charge < -0.3 is 10.8 Å². The highest BCUT2D eigenvalue weighted by Gasteiger charge is 2.11. The molecule has 3 heteroatoms. The predicted octanol–water partition coefficient (Wildman–Crippen LogP) is 2.56. The van der Waals surface area contributed by atoms with Gasteiger partial charge in [0.2, 0.25) is 0 Å². The zero-order valence-corrected chi connectivity index (χ0v) is 10.7. The van der Waals surface area contributed by atoms with Crippen molar-refractivity contribution in [3.05, 3.63) is 58.9 Å². The van der Waals surface area contributed by atoms with Gasteiger partial charge in [-0.15, -0.1) is 0 Å². The largest absolute Gasteiger partial charge is 0.398 e. The molecular formula is C15H18N2O. The summed E-state index contributed by atoms with van der Waals surface area (Å²) in [6.45, 7) is 4.11. The van der Waals surface area contributed by atoms with Gasteiger partial charge in [-0.3, -0.25) is 4.98 Å². The Balaban J connectivity index is 2.19. The minimum atomic E-state index is -0.546. The quantitative estimate of drug-likeness (QED) is 0.869. The molecule has 1 aromatic carbocycles. The lowest BCUT2D eigenvalue weighted by Gasteiger charge is -2.13. The van der Waals surface area contributed by atoms with Crippen molar-refractivity contribution in [2.75, 3.05) is 5.73 Å². The van der Waals surface area contributed by atoms with Crippen molar-refractivity contribution in [3.63, 3.8) is 0 Å². The van der Waals surface area contributed by atoms with E-state index in [0.717, 1.165) is 11.1 Å². The molecule has 0 spiro atoms. The molecule has 0 aliphatic heterocycles. The highest BCUT2D eigenvalue weighted by Crippen LogP contribution is 2.22. The van der Waals surface area contributed by atoms with E-state index in [-0.39, 0.29) is 0 Å². The summed E-state index contributed by atoms with van der Waals surface area (Å²) in [6, 6.07) is 7.76. The maximum atomic E-state index is 10.2. The number of aromatic nitrogens is 1. The Morgan fingerprint density at radius 3 is 2.67 bits per heavy atom. The lowest BCUT2D eigenvalue weighted by molar-refractivity contribution is 0.178. The summed E-state index contributed by atoms with van der Waals surface area (Å²) < 4.78 is 0. The van der Waals surface area contributed by atoms with Crippen molar-refractivity contribution < 1.29 is 5.11 Å². The summed E-state index contributed by atoms with van der Waals surface area (Å²) in [5.74, 6) is 0. The van der Waals surface area contributed by atoms with Crippen LogP contribution in [0.3, 0.4) is 0 Å². The third-order valence-electron chi connectivity index (χ3n) is 3.27. The van der Waals surface area contributed by atoms with Gasteiger partial charge in [0.05, 0.1) is 6.10 Å². The lowest BCUT2D eigenvalue weighted by atomic mass is 9.98. The maximum Gasteiger partial charge on any atom is 0.0831 e. The van der Waals surface area contributed by atoms with Crippen LogP contribution in [0.25, 0.3) is 0 Å². The first-order valence-electron chi connectivity index (χ1n) is 6.01. The van der Waals surface area contributed by atoms with E-state index in [1.54, 1.807) is 18.5 Å². The monoisotopic (exact) mass is 242 g/mol. The van der Waals surface area contributed by atoms with Crippen molar-refractivity contribution in [3.8, 4) is 0 Å². The third-order valence-corrected chi connectivity index (χ3v) is 3.27. The standard InChI is InChI=1S/C15H18N2O/c1-10-3-4-12(7-11(10)2)15(18)8-13-9-17-6-5-14(13)16/h3-7,9,15,18H,8H2,1-2H3,(H2,16,17). The fraction of sp³-hybridized carbons (Fsp3) is 0.267. The molecular weight excluding hydrogens is 224 g/mol. The van der Waals surface area contributed by atoms with Gasteiger partial charge in [-0.05, 0) is 42.2 Å². The Kier molecular flexibility index (Phi) is 3.63. The molecule has 0 saturated heterocycles. The van der Waals surface area contributed by atoms with Crippen molar-refractivity contribution >= 4 is 5.69 Å². The number of pyridine rings is 1. The number of nitrogens with two attached hydrogens (primary N) is 1.